The lowest BCUT2D eigenvalue weighted by molar-refractivity contribution is 0.397. The van der Waals surface area contributed by atoms with Crippen molar-refractivity contribution < 1.29 is 9.47 Å². The SMILES string of the molecule is COc1cccc(OC)c1-c1cnc2nc[nH]c2n1. The zero-order chi connectivity index (χ0) is 13.2. The maximum absolute atomic E-state index is 5.36. The van der Waals surface area contributed by atoms with Crippen LogP contribution in [0.1, 0.15) is 0 Å². The molecule has 6 heteroatoms. The highest BCUT2D eigenvalue weighted by Gasteiger charge is 2.15. The van der Waals surface area contributed by atoms with E-state index in [0.29, 0.717) is 28.5 Å². The molecule has 1 aromatic carbocycles. The first-order valence-corrected chi connectivity index (χ1v) is 5.71. The molecule has 2 heterocycles. The normalized spacial score (nSPS) is 10.6. The minimum absolute atomic E-state index is 0.581. The van der Waals surface area contributed by atoms with Gasteiger partial charge in [-0.3, -0.25) is 0 Å². The van der Waals surface area contributed by atoms with Crippen molar-refractivity contribution >= 4 is 11.3 Å². The predicted molar refractivity (Wildman–Crippen MR) is 70.2 cm³/mol. The molecule has 3 rings (SSSR count). The third kappa shape index (κ3) is 1.87. The van der Waals surface area contributed by atoms with E-state index < -0.39 is 0 Å². The number of ether oxygens (including phenoxy) is 2. The van der Waals surface area contributed by atoms with Crippen LogP contribution < -0.4 is 9.47 Å². The third-order valence-corrected chi connectivity index (χ3v) is 2.83. The number of aromatic nitrogens is 4. The standard InChI is InChI=1S/C13H12N4O2/c1-18-9-4-3-5-10(19-2)11(9)8-6-14-12-13(17-8)16-7-15-12/h3-7H,1-2H3,(H,14,15,16,17). The summed E-state index contributed by atoms with van der Waals surface area (Å²) in [5, 5.41) is 0. The van der Waals surface area contributed by atoms with Gasteiger partial charge in [0.05, 0.1) is 38.0 Å². The average Bonchev–Trinajstić information content (AvgIpc) is 2.93. The summed E-state index contributed by atoms with van der Waals surface area (Å²) in [6, 6.07) is 5.58. The summed E-state index contributed by atoms with van der Waals surface area (Å²) in [4.78, 5) is 15.7. The van der Waals surface area contributed by atoms with Gasteiger partial charge < -0.3 is 14.5 Å². The first-order valence-electron chi connectivity index (χ1n) is 5.71. The molecular weight excluding hydrogens is 244 g/mol. The number of imidazole rings is 1. The fourth-order valence-electron chi connectivity index (χ4n) is 1.95. The molecule has 3 aromatic rings. The molecule has 0 unspecified atom stereocenters. The van der Waals surface area contributed by atoms with Gasteiger partial charge in [0.1, 0.15) is 11.5 Å². The summed E-state index contributed by atoms with van der Waals surface area (Å²) >= 11 is 0. The van der Waals surface area contributed by atoms with Gasteiger partial charge in [0.15, 0.2) is 11.3 Å². The quantitative estimate of drug-likeness (QED) is 0.776. The third-order valence-electron chi connectivity index (χ3n) is 2.83. The molecule has 0 spiro atoms. The van der Waals surface area contributed by atoms with Crippen molar-refractivity contribution in [3.63, 3.8) is 0 Å². The number of rotatable bonds is 3. The van der Waals surface area contributed by atoms with Crippen LogP contribution in [0.2, 0.25) is 0 Å². The van der Waals surface area contributed by atoms with Crippen LogP contribution >= 0.6 is 0 Å². The molecule has 96 valence electrons. The Morgan fingerprint density at radius 1 is 1.05 bits per heavy atom. The number of nitrogens with zero attached hydrogens (tertiary/aromatic N) is 3. The Morgan fingerprint density at radius 3 is 2.47 bits per heavy atom. The monoisotopic (exact) mass is 256 g/mol. The lowest BCUT2D eigenvalue weighted by Gasteiger charge is -2.11. The Bertz CT molecular complexity index is 701. The van der Waals surface area contributed by atoms with E-state index in [-0.39, 0.29) is 0 Å². The van der Waals surface area contributed by atoms with Gasteiger partial charge in [-0.25, -0.2) is 15.0 Å². The highest BCUT2D eigenvalue weighted by molar-refractivity contribution is 5.77. The van der Waals surface area contributed by atoms with Crippen LogP contribution in [0, 0.1) is 0 Å². The maximum atomic E-state index is 5.36. The molecule has 0 saturated carbocycles. The van der Waals surface area contributed by atoms with Crippen LogP contribution in [0.3, 0.4) is 0 Å². The fourth-order valence-corrected chi connectivity index (χ4v) is 1.95. The topological polar surface area (TPSA) is 72.9 Å². The van der Waals surface area contributed by atoms with E-state index in [4.69, 9.17) is 9.47 Å². The highest BCUT2D eigenvalue weighted by atomic mass is 16.5. The van der Waals surface area contributed by atoms with E-state index in [1.807, 2.05) is 18.2 Å². The molecule has 0 bridgehead atoms. The van der Waals surface area contributed by atoms with E-state index in [2.05, 4.69) is 19.9 Å². The Balaban J connectivity index is 2.24. The van der Waals surface area contributed by atoms with Gasteiger partial charge in [-0.2, -0.15) is 0 Å². The molecule has 19 heavy (non-hydrogen) atoms. The molecule has 6 nitrogen and oxygen atoms in total. The van der Waals surface area contributed by atoms with Gasteiger partial charge in [-0.15, -0.1) is 0 Å². The lowest BCUT2D eigenvalue weighted by atomic mass is 10.1. The number of hydrogen-bond acceptors (Lipinski definition) is 5. The van der Waals surface area contributed by atoms with Crippen molar-refractivity contribution in [1.29, 1.82) is 0 Å². The lowest BCUT2D eigenvalue weighted by Crippen LogP contribution is -1.95. The van der Waals surface area contributed by atoms with Crippen LogP contribution in [-0.2, 0) is 0 Å². The van der Waals surface area contributed by atoms with Gasteiger partial charge in [-0.1, -0.05) is 6.07 Å². The minimum atomic E-state index is 0.581. The number of aromatic amines is 1. The first-order chi connectivity index (χ1) is 9.33. The van der Waals surface area contributed by atoms with Crippen molar-refractivity contribution in [1.82, 2.24) is 19.9 Å². The van der Waals surface area contributed by atoms with Crippen LogP contribution in [0.25, 0.3) is 22.6 Å². The largest absolute Gasteiger partial charge is 0.496 e. The number of methoxy groups -OCH3 is 2. The van der Waals surface area contributed by atoms with Crippen molar-refractivity contribution in [2.24, 2.45) is 0 Å². The van der Waals surface area contributed by atoms with Crippen molar-refractivity contribution in [2.45, 2.75) is 0 Å². The van der Waals surface area contributed by atoms with Crippen LogP contribution in [-0.4, -0.2) is 34.2 Å². The average molecular weight is 256 g/mol. The van der Waals surface area contributed by atoms with Crippen molar-refractivity contribution in [3.05, 3.63) is 30.7 Å². The number of nitrogens with one attached hydrogen (secondary N) is 1. The second kappa shape index (κ2) is 4.56. The second-order valence-corrected chi connectivity index (χ2v) is 3.87. The second-order valence-electron chi connectivity index (χ2n) is 3.87. The molecule has 0 radical (unpaired) electrons. The summed E-state index contributed by atoms with van der Waals surface area (Å²) in [6.45, 7) is 0. The van der Waals surface area contributed by atoms with Crippen LogP contribution in [0.15, 0.2) is 30.7 Å². The fraction of sp³-hybridized carbons (Fsp3) is 0.154. The molecule has 0 aliphatic rings. The van der Waals surface area contributed by atoms with Crippen LogP contribution in [0.5, 0.6) is 11.5 Å². The Labute approximate surface area is 109 Å². The van der Waals surface area contributed by atoms with E-state index in [9.17, 15) is 0 Å². The van der Waals surface area contributed by atoms with Gasteiger partial charge in [0.25, 0.3) is 0 Å². The zero-order valence-electron chi connectivity index (χ0n) is 10.5. The molecular formula is C13H12N4O2. The number of benzene rings is 1. The summed E-state index contributed by atoms with van der Waals surface area (Å²) < 4.78 is 10.7. The molecule has 0 fully saturated rings. The molecule has 1 N–H and O–H groups in total. The van der Waals surface area contributed by atoms with Crippen LogP contribution in [0.4, 0.5) is 0 Å². The molecule has 0 amide bonds. The zero-order valence-corrected chi connectivity index (χ0v) is 10.5. The van der Waals surface area contributed by atoms with Crippen molar-refractivity contribution in [2.75, 3.05) is 14.2 Å². The summed E-state index contributed by atoms with van der Waals surface area (Å²) in [7, 11) is 3.22. The molecule has 2 aromatic heterocycles. The van der Waals surface area contributed by atoms with Gasteiger partial charge in [-0.05, 0) is 12.1 Å². The maximum Gasteiger partial charge on any atom is 0.197 e. The van der Waals surface area contributed by atoms with Gasteiger partial charge in [0.2, 0.25) is 0 Å². The predicted octanol–water partition coefficient (Wildman–Crippen LogP) is 2.04. The minimum Gasteiger partial charge on any atom is -0.496 e. The van der Waals surface area contributed by atoms with Crippen molar-refractivity contribution in [3.8, 4) is 22.8 Å². The smallest absolute Gasteiger partial charge is 0.197 e. The van der Waals surface area contributed by atoms with E-state index >= 15 is 0 Å². The molecule has 0 saturated heterocycles. The Hall–Kier alpha value is -2.63. The summed E-state index contributed by atoms with van der Waals surface area (Å²) in [5.41, 5.74) is 2.66. The highest BCUT2D eigenvalue weighted by Crippen LogP contribution is 2.36. The van der Waals surface area contributed by atoms with Gasteiger partial charge in [0, 0.05) is 0 Å². The summed E-state index contributed by atoms with van der Waals surface area (Å²) in [5.74, 6) is 1.38. The Kier molecular flexibility index (Phi) is 2.75. The first kappa shape index (κ1) is 11.5. The molecule has 0 aliphatic carbocycles. The number of hydrogen-bond donors (Lipinski definition) is 1. The molecule has 0 atom stereocenters. The number of H-pyrrole nitrogens is 1. The van der Waals surface area contributed by atoms with Gasteiger partial charge >= 0.3 is 0 Å². The summed E-state index contributed by atoms with van der Waals surface area (Å²) in [6.07, 6.45) is 3.22. The number of fused-ring (bicyclic) bond motifs is 1. The van der Waals surface area contributed by atoms with E-state index in [1.165, 1.54) is 0 Å². The Morgan fingerprint density at radius 2 is 1.79 bits per heavy atom. The van der Waals surface area contributed by atoms with E-state index in [0.717, 1.165) is 5.56 Å². The molecule has 0 aliphatic heterocycles. The van der Waals surface area contributed by atoms with E-state index in [1.54, 1.807) is 26.7 Å².